The van der Waals surface area contributed by atoms with Gasteiger partial charge in [0, 0.05) is 24.6 Å². The smallest absolute Gasteiger partial charge is 0.164 e. The van der Waals surface area contributed by atoms with Gasteiger partial charge in [-0.05, 0) is 43.5 Å². The number of hydrogen-bond acceptors (Lipinski definition) is 2. The summed E-state index contributed by atoms with van der Waals surface area (Å²) in [6, 6.07) is 3.00. The molecule has 1 heterocycles. The first-order valence-corrected chi connectivity index (χ1v) is 7.63. The molecular weight excluding hydrogens is 272 g/mol. The number of hydrogen-bond donors (Lipinski definition) is 0. The molecule has 1 saturated heterocycles. The van der Waals surface area contributed by atoms with Crippen LogP contribution in [0.25, 0.3) is 0 Å². The van der Waals surface area contributed by atoms with Crippen molar-refractivity contribution in [1.29, 1.82) is 0 Å². The van der Waals surface area contributed by atoms with Crippen molar-refractivity contribution in [3.05, 3.63) is 35.4 Å². The largest absolute Gasteiger partial charge is 0.303 e. The van der Waals surface area contributed by atoms with Crippen molar-refractivity contribution in [2.45, 2.75) is 39.5 Å². The number of carbonyl (C=O) groups excluding carboxylic acids is 1. The van der Waals surface area contributed by atoms with Gasteiger partial charge >= 0.3 is 0 Å². The van der Waals surface area contributed by atoms with E-state index >= 15 is 0 Å². The van der Waals surface area contributed by atoms with Crippen molar-refractivity contribution in [3.63, 3.8) is 0 Å². The first-order chi connectivity index (χ1) is 9.92. The number of carbonyl (C=O) groups is 1. The highest BCUT2D eigenvalue weighted by Gasteiger charge is 2.28. The summed E-state index contributed by atoms with van der Waals surface area (Å²) in [7, 11) is 0. The zero-order valence-electron chi connectivity index (χ0n) is 12.8. The molecule has 1 aliphatic heterocycles. The first kappa shape index (κ1) is 16.1. The van der Waals surface area contributed by atoms with E-state index in [1.807, 2.05) is 0 Å². The van der Waals surface area contributed by atoms with Gasteiger partial charge in [0.15, 0.2) is 5.78 Å². The monoisotopic (exact) mass is 295 g/mol. The summed E-state index contributed by atoms with van der Waals surface area (Å²) in [5, 5.41) is 0. The SMILES string of the molecule is CCC1(C)CCN(CCC(=O)c2cc(F)cc(F)c2)CC1. The number of ketones is 1. The molecule has 0 bridgehead atoms. The minimum atomic E-state index is -0.699. The Morgan fingerprint density at radius 1 is 1.19 bits per heavy atom. The van der Waals surface area contributed by atoms with Gasteiger partial charge < -0.3 is 4.90 Å². The van der Waals surface area contributed by atoms with E-state index in [9.17, 15) is 13.6 Å². The Labute approximate surface area is 125 Å². The number of halogens is 2. The van der Waals surface area contributed by atoms with E-state index in [1.54, 1.807) is 0 Å². The van der Waals surface area contributed by atoms with Crippen molar-refractivity contribution < 1.29 is 13.6 Å². The van der Waals surface area contributed by atoms with Gasteiger partial charge in [0.2, 0.25) is 0 Å². The number of likely N-dealkylation sites (tertiary alicyclic amines) is 1. The van der Waals surface area contributed by atoms with Gasteiger partial charge in [0.05, 0.1) is 0 Å². The van der Waals surface area contributed by atoms with Crippen LogP contribution in [0, 0.1) is 17.0 Å². The topological polar surface area (TPSA) is 20.3 Å². The van der Waals surface area contributed by atoms with E-state index in [-0.39, 0.29) is 11.3 Å². The molecule has 1 fully saturated rings. The Bertz CT molecular complexity index is 487. The van der Waals surface area contributed by atoms with E-state index in [1.165, 1.54) is 6.42 Å². The van der Waals surface area contributed by atoms with E-state index in [0.717, 1.165) is 44.1 Å². The van der Waals surface area contributed by atoms with Crippen LogP contribution in [0.4, 0.5) is 8.78 Å². The molecule has 2 rings (SSSR count). The fourth-order valence-electron chi connectivity index (χ4n) is 2.79. The number of rotatable bonds is 5. The van der Waals surface area contributed by atoms with Crippen molar-refractivity contribution in [2.24, 2.45) is 5.41 Å². The molecule has 4 heteroatoms. The molecule has 0 unspecified atom stereocenters. The fraction of sp³-hybridized carbons (Fsp3) is 0.588. The number of nitrogens with zero attached hydrogens (tertiary/aromatic N) is 1. The van der Waals surface area contributed by atoms with Gasteiger partial charge in [-0.2, -0.15) is 0 Å². The standard InChI is InChI=1S/C17H23F2NO/c1-3-17(2)5-8-20(9-6-17)7-4-16(21)13-10-14(18)12-15(19)11-13/h10-12H,3-9H2,1-2H3. The summed E-state index contributed by atoms with van der Waals surface area (Å²) >= 11 is 0. The number of benzene rings is 1. The quantitative estimate of drug-likeness (QED) is 0.764. The molecule has 116 valence electrons. The first-order valence-electron chi connectivity index (χ1n) is 7.63. The van der Waals surface area contributed by atoms with E-state index < -0.39 is 11.6 Å². The van der Waals surface area contributed by atoms with Crippen LogP contribution in [-0.2, 0) is 0 Å². The highest BCUT2D eigenvalue weighted by atomic mass is 19.1. The van der Waals surface area contributed by atoms with Gasteiger partial charge in [-0.1, -0.05) is 20.3 Å². The lowest BCUT2D eigenvalue weighted by molar-refractivity contribution is 0.0901. The Hall–Kier alpha value is -1.29. The van der Waals surface area contributed by atoms with Crippen LogP contribution in [0.3, 0.4) is 0 Å². The Morgan fingerprint density at radius 3 is 2.29 bits per heavy atom. The van der Waals surface area contributed by atoms with Crippen molar-refractivity contribution in [3.8, 4) is 0 Å². The van der Waals surface area contributed by atoms with Crippen LogP contribution >= 0.6 is 0 Å². The molecule has 2 nitrogen and oxygen atoms in total. The second kappa shape index (κ2) is 6.65. The van der Waals surface area contributed by atoms with Crippen molar-refractivity contribution in [1.82, 2.24) is 4.90 Å². The average molecular weight is 295 g/mol. The van der Waals surface area contributed by atoms with Gasteiger partial charge in [0.1, 0.15) is 11.6 Å². The molecular formula is C17H23F2NO. The van der Waals surface area contributed by atoms with E-state index in [4.69, 9.17) is 0 Å². The molecule has 1 aromatic carbocycles. The lowest BCUT2D eigenvalue weighted by Crippen LogP contribution is -2.39. The second-order valence-corrected chi connectivity index (χ2v) is 6.34. The summed E-state index contributed by atoms with van der Waals surface area (Å²) < 4.78 is 26.2. The van der Waals surface area contributed by atoms with Crippen LogP contribution < -0.4 is 0 Å². The highest BCUT2D eigenvalue weighted by Crippen LogP contribution is 2.33. The van der Waals surface area contributed by atoms with Crippen LogP contribution in [0.15, 0.2) is 18.2 Å². The molecule has 0 saturated carbocycles. The van der Waals surface area contributed by atoms with Crippen LogP contribution in [-0.4, -0.2) is 30.3 Å². The predicted octanol–water partition coefficient (Wildman–Crippen LogP) is 4.05. The third-order valence-corrected chi connectivity index (χ3v) is 4.76. The Balaban J connectivity index is 1.85. The summed E-state index contributed by atoms with van der Waals surface area (Å²) in [5.74, 6) is -1.60. The average Bonchev–Trinajstić information content (AvgIpc) is 2.45. The number of Topliss-reactive ketones (excluding diaryl/α,β-unsaturated/α-hetero) is 1. The second-order valence-electron chi connectivity index (χ2n) is 6.34. The normalized spacial score (nSPS) is 18.7. The molecule has 1 aromatic rings. The Morgan fingerprint density at radius 2 is 1.76 bits per heavy atom. The Kier molecular flexibility index (Phi) is 5.09. The minimum absolute atomic E-state index is 0.128. The zero-order valence-corrected chi connectivity index (χ0v) is 12.8. The van der Waals surface area contributed by atoms with Crippen LogP contribution in [0.2, 0.25) is 0 Å². The maximum atomic E-state index is 13.1. The lowest BCUT2D eigenvalue weighted by Gasteiger charge is -2.38. The zero-order chi connectivity index (χ0) is 15.5. The molecule has 0 spiro atoms. The third-order valence-electron chi connectivity index (χ3n) is 4.76. The summed E-state index contributed by atoms with van der Waals surface area (Å²) in [6.07, 6.45) is 3.78. The van der Waals surface area contributed by atoms with Gasteiger partial charge in [-0.3, -0.25) is 4.79 Å². The lowest BCUT2D eigenvalue weighted by atomic mass is 9.78. The van der Waals surface area contributed by atoms with Gasteiger partial charge in [-0.15, -0.1) is 0 Å². The molecule has 0 amide bonds. The molecule has 21 heavy (non-hydrogen) atoms. The minimum Gasteiger partial charge on any atom is -0.303 e. The van der Waals surface area contributed by atoms with E-state index in [2.05, 4.69) is 18.7 Å². The van der Waals surface area contributed by atoms with E-state index in [0.29, 0.717) is 18.4 Å². The number of piperidine rings is 1. The molecule has 0 aliphatic carbocycles. The summed E-state index contributed by atoms with van der Waals surface area (Å²) in [6.45, 7) is 7.18. The van der Waals surface area contributed by atoms with Gasteiger partial charge in [0.25, 0.3) is 0 Å². The predicted molar refractivity (Wildman–Crippen MR) is 79.4 cm³/mol. The summed E-state index contributed by atoms with van der Waals surface area (Å²) in [4.78, 5) is 14.3. The molecule has 0 aromatic heterocycles. The van der Waals surface area contributed by atoms with Crippen LogP contribution in [0.1, 0.15) is 49.9 Å². The van der Waals surface area contributed by atoms with Crippen molar-refractivity contribution >= 4 is 5.78 Å². The third kappa shape index (κ3) is 4.34. The molecule has 0 radical (unpaired) electrons. The maximum absolute atomic E-state index is 13.1. The highest BCUT2D eigenvalue weighted by molar-refractivity contribution is 5.96. The molecule has 1 aliphatic rings. The fourth-order valence-corrected chi connectivity index (χ4v) is 2.79. The van der Waals surface area contributed by atoms with Gasteiger partial charge in [-0.25, -0.2) is 8.78 Å². The maximum Gasteiger partial charge on any atom is 0.164 e. The van der Waals surface area contributed by atoms with Crippen molar-refractivity contribution in [2.75, 3.05) is 19.6 Å². The summed E-state index contributed by atoms with van der Waals surface area (Å²) in [5.41, 5.74) is 0.551. The molecule has 0 atom stereocenters. The molecule has 0 N–H and O–H groups in total. The van der Waals surface area contributed by atoms with Crippen LogP contribution in [0.5, 0.6) is 0 Å².